The Morgan fingerprint density at radius 1 is 1.39 bits per heavy atom. The highest BCUT2D eigenvalue weighted by Gasteiger charge is 2.34. The summed E-state index contributed by atoms with van der Waals surface area (Å²) >= 11 is 1.07. The van der Waals surface area contributed by atoms with Gasteiger partial charge in [0, 0.05) is 13.1 Å². The van der Waals surface area contributed by atoms with Crippen molar-refractivity contribution in [2.45, 2.75) is 32.4 Å². The number of aromatic nitrogens is 4. The molecule has 0 bridgehead atoms. The van der Waals surface area contributed by atoms with E-state index < -0.39 is 0 Å². The van der Waals surface area contributed by atoms with Gasteiger partial charge in [0.05, 0.1) is 35.0 Å². The monoisotopic (exact) mass is 327 g/mol. The van der Waals surface area contributed by atoms with Crippen molar-refractivity contribution in [1.82, 2.24) is 23.2 Å². The number of likely N-dealkylation sites (tertiary alicyclic amines) is 1. The molecule has 6 nitrogen and oxygen atoms in total. The number of imidazole rings is 1. The highest BCUT2D eigenvalue weighted by molar-refractivity contribution is 6.99. The van der Waals surface area contributed by atoms with E-state index >= 15 is 0 Å². The molecule has 0 saturated carbocycles. The third kappa shape index (κ3) is 2.31. The number of fused-ring (bicyclic) bond motifs is 1. The third-order valence-electron chi connectivity index (χ3n) is 4.39. The summed E-state index contributed by atoms with van der Waals surface area (Å²) in [5.41, 5.74) is 2.54. The molecule has 0 unspecified atom stereocenters. The summed E-state index contributed by atoms with van der Waals surface area (Å²) in [6.07, 6.45) is 3.47. The van der Waals surface area contributed by atoms with Crippen LogP contribution in [0.15, 0.2) is 30.5 Å². The number of para-hydroxylation sites is 2. The van der Waals surface area contributed by atoms with Gasteiger partial charge in [0.1, 0.15) is 5.82 Å². The zero-order chi connectivity index (χ0) is 15.8. The van der Waals surface area contributed by atoms with Crippen LogP contribution in [-0.4, -0.2) is 35.7 Å². The van der Waals surface area contributed by atoms with Crippen LogP contribution in [0.3, 0.4) is 0 Å². The second-order valence-electron chi connectivity index (χ2n) is 5.65. The first kappa shape index (κ1) is 14.3. The Morgan fingerprint density at radius 2 is 2.26 bits per heavy atom. The fraction of sp³-hybridized carbons (Fsp3) is 0.375. The van der Waals surface area contributed by atoms with E-state index in [1.807, 2.05) is 23.1 Å². The number of hydrogen-bond acceptors (Lipinski definition) is 5. The van der Waals surface area contributed by atoms with Crippen molar-refractivity contribution < 1.29 is 4.79 Å². The minimum Gasteiger partial charge on any atom is -0.327 e. The van der Waals surface area contributed by atoms with E-state index in [4.69, 9.17) is 4.98 Å². The summed E-state index contributed by atoms with van der Waals surface area (Å²) in [6.45, 7) is 3.70. The molecular formula is C16H17N5OS. The van der Waals surface area contributed by atoms with Crippen LogP contribution in [0.5, 0.6) is 0 Å². The van der Waals surface area contributed by atoms with E-state index in [1.54, 1.807) is 6.20 Å². The second kappa shape index (κ2) is 5.73. The van der Waals surface area contributed by atoms with Gasteiger partial charge >= 0.3 is 0 Å². The molecule has 1 aromatic carbocycles. The maximum Gasteiger partial charge on any atom is 0.275 e. The highest BCUT2D eigenvalue weighted by atomic mass is 32.1. The van der Waals surface area contributed by atoms with Crippen molar-refractivity contribution in [1.29, 1.82) is 0 Å². The van der Waals surface area contributed by atoms with Crippen LogP contribution in [0, 0.1) is 0 Å². The Labute approximate surface area is 138 Å². The van der Waals surface area contributed by atoms with Crippen molar-refractivity contribution in [3.05, 3.63) is 42.0 Å². The van der Waals surface area contributed by atoms with E-state index in [2.05, 4.69) is 26.3 Å². The lowest BCUT2D eigenvalue weighted by atomic mass is 10.2. The Bertz CT molecular complexity index is 841. The van der Waals surface area contributed by atoms with Crippen LogP contribution in [0.2, 0.25) is 0 Å². The normalized spacial score (nSPS) is 18.0. The van der Waals surface area contributed by atoms with Crippen LogP contribution < -0.4 is 0 Å². The molecule has 1 amide bonds. The molecule has 1 saturated heterocycles. The Hall–Kier alpha value is -2.28. The summed E-state index contributed by atoms with van der Waals surface area (Å²) < 4.78 is 10.2. The molecule has 1 aliphatic rings. The fourth-order valence-electron chi connectivity index (χ4n) is 3.37. The lowest BCUT2D eigenvalue weighted by molar-refractivity contribution is 0.0723. The van der Waals surface area contributed by atoms with Gasteiger partial charge in [-0.15, -0.1) is 0 Å². The van der Waals surface area contributed by atoms with Crippen LogP contribution in [0.1, 0.15) is 42.1 Å². The van der Waals surface area contributed by atoms with Crippen LogP contribution >= 0.6 is 11.7 Å². The number of carbonyl (C=O) groups is 1. The zero-order valence-corrected chi connectivity index (χ0v) is 13.7. The lowest BCUT2D eigenvalue weighted by Gasteiger charge is -2.24. The van der Waals surface area contributed by atoms with Crippen LogP contribution in [0.4, 0.5) is 0 Å². The lowest BCUT2D eigenvalue weighted by Crippen LogP contribution is -2.32. The summed E-state index contributed by atoms with van der Waals surface area (Å²) in [5.74, 6) is 0.929. The number of carbonyl (C=O) groups excluding carboxylic acids is 1. The molecule has 0 N–H and O–H groups in total. The first-order chi connectivity index (χ1) is 11.3. The molecular weight excluding hydrogens is 310 g/mol. The molecule has 23 heavy (non-hydrogen) atoms. The molecule has 1 atom stereocenters. The fourth-order valence-corrected chi connectivity index (χ4v) is 3.77. The van der Waals surface area contributed by atoms with Crippen molar-refractivity contribution in [3.8, 4) is 0 Å². The number of aryl methyl sites for hydroxylation is 1. The summed E-state index contributed by atoms with van der Waals surface area (Å²) in [5, 5.41) is 0. The van der Waals surface area contributed by atoms with Crippen LogP contribution in [0.25, 0.3) is 11.0 Å². The minimum absolute atomic E-state index is 0.0107. The van der Waals surface area contributed by atoms with Gasteiger partial charge in [-0.1, -0.05) is 12.1 Å². The molecule has 3 heterocycles. The van der Waals surface area contributed by atoms with Gasteiger partial charge in [-0.3, -0.25) is 4.79 Å². The number of hydrogen-bond donors (Lipinski definition) is 0. The first-order valence-corrected chi connectivity index (χ1v) is 8.56. The molecule has 3 aromatic rings. The predicted molar refractivity (Wildman–Crippen MR) is 88.3 cm³/mol. The largest absolute Gasteiger partial charge is 0.327 e. The second-order valence-corrected chi connectivity index (χ2v) is 6.21. The van der Waals surface area contributed by atoms with E-state index in [-0.39, 0.29) is 11.9 Å². The molecule has 1 aliphatic heterocycles. The molecule has 1 fully saturated rings. The summed E-state index contributed by atoms with van der Waals surface area (Å²) in [4.78, 5) is 19.4. The van der Waals surface area contributed by atoms with Gasteiger partial charge in [-0.05, 0) is 31.9 Å². The summed E-state index contributed by atoms with van der Waals surface area (Å²) in [7, 11) is 0. The maximum atomic E-state index is 12.7. The van der Waals surface area contributed by atoms with E-state index in [0.29, 0.717) is 5.69 Å². The minimum atomic E-state index is -0.0454. The molecule has 4 rings (SSSR count). The maximum absolute atomic E-state index is 12.7. The molecule has 0 spiro atoms. The van der Waals surface area contributed by atoms with Gasteiger partial charge in [0.2, 0.25) is 0 Å². The van der Waals surface area contributed by atoms with Crippen molar-refractivity contribution in [2.75, 3.05) is 6.54 Å². The van der Waals surface area contributed by atoms with E-state index in [1.165, 1.54) is 0 Å². The van der Waals surface area contributed by atoms with Crippen molar-refractivity contribution >= 4 is 28.7 Å². The number of amides is 1. The van der Waals surface area contributed by atoms with Crippen molar-refractivity contribution in [2.24, 2.45) is 0 Å². The quantitative estimate of drug-likeness (QED) is 0.742. The van der Waals surface area contributed by atoms with E-state index in [9.17, 15) is 4.79 Å². The van der Waals surface area contributed by atoms with Gasteiger partial charge in [0.15, 0.2) is 5.69 Å². The smallest absolute Gasteiger partial charge is 0.275 e. The first-order valence-electron chi connectivity index (χ1n) is 7.83. The molecule has 0 radical (unpaired) electrons. The average molecular weight is 327 g/mol. The van der Waals surface area contributed by atoms with Gasteiger partial charge < -0.3 is 9.47 Å². The molecule has 118 valence electrons. The topological polar surface area (TPSA) is 63.9 Å². The molecule has 7 heteroatoms. The third-order valence-corrected chi connectivity index (χ3v) is 4.87. The van der Waals surface area contributed by atoms with Gasteiger partial charge in [-0.2, -0.15) is 8.75 Å². The zero-order valence-electron chi connectivity index (χ0n) is 12.8. The standard InChI is InChI=1S/C16H17N5OS/c1-2-20-13-7-4-3-6-11(13)18-15(20)14-8-5-9-21(14)16(22)12-10-17-23-19-12/h3-4,6-7,10,14H,2,5,8-9H2,1H3/t14-/m0/s1. The summed E-state index contributed by atoms with van der Waals surface area (Å²) in [6, 6.07) is 8.14. The number of benzene rings is 1. The SMILES string of the molecule is CCn1c([C@@H]2CCCN2C(=O)c2cnsn2)nc2ccccc21. The molecule has 2 aromatic heterocycles. The Balaban J connectivity index is 1.76. The number of nitrogens with zero attached hydrogens (tertiary/aromatic N) is 5. The van der Waals surface area contributed by atoms with Crippen LogP contribution in [-0.2, 0) is 6.54 Å². The van der Waals surface area contributed by atoms with Crippen molar-refractivity contribution in [3.63, 3.8) is 0 Å². The van der Waals surface area contributed by atoms with Gasteiger partial charge in [0.25, 0.3) is 5.91 Å². The van der Waals surface area contributed by atoms with E-state index in [0.717, 1.165) is 54.5 Å². The number of rotatable bonds is 3. The average Bonchev–Trinajstić information content (AvgIpc) is 3.31. The Kier molecular flexibility index (Phi) is 3.57. The predicted octanol–water partition coefficient (Wildman–Crippen LogP) is 2.89. The molecule has 0 aliphatic carbocycles. The van der Waals surface area contributed by atoms with Gasteiger partial charge in [-0.25, -0.2) is 4.98 Å². The Morgan fingerprint density at radius 3 is 3.04 bits per heavy atom. The highest BCUT2D eigenvalue weighted by Crippen LogP contribution is 2.34.